The molecule has 0 saturated heterocycles. The molecule has 0 saturated carbocycles. The summed E-state index contributed by atoms with van der Waals surface area (Å²) in [6.07, 6.45) is -0.777. The number of amides is 6. The van der Waals surface area contributed by atoms with Crippen LogP contribution in [0, 0.1) is 17.8 Å². The lowest BCUT2D eigenvalue weighted by Gasteiger charge is -2.33. The highest BCUT2D eigenvalue weighted by atomic mass is 16.4. The third kappa shape index (κ3) is 16.3. The lowest BCUT2D eigenvalue weighted by atomic mass is 9.95. The molecule has 0 fully saturated rings. The van der Waals surface area contributed by atoms with E-state index in [2.05, 4.69) is 21.3 Å². The molecule has 0 aliphatic rings. The minimum absolute atomic E-state index is 0.0140. The molecule has 17 nitrogen and oxygen atoms in total. The second-order valence-corrected chi connectivity index (χ2v) is 15.9. The predicted octanol–water partition coefficient (Wildman–Crippen LogP) is 2.10. The standard InChI is InChI=1S/C43H62N6O11/c1-9-27(6)37(47-42(58)38(26(4)5)49(8)35(52)22-29-15-17-30(50)18-16-29)41(57)45-31(23-34(51)48(7)20-19-28-13-11-10-12-14-28)39(55)44-32(24-36(53)54)40(56)46-33(43(59)60)21-25(2)3/h10-18,25-27,31-33,37-38,50H,9,19-24H2,1-8H3,(H,44,55)(H,45,57)(H,46,56)(H,47,58)(H,53,54)(H,59,60)/t27?,31?,32-,33-,37-,38-/m0/s1. The Morgan fingerprint density at radius 1 is 0.650 bits per heavy atom. The van der Waals surface area contributed by atoms with E-state index in [1.807, 2.05) is 30.3 Å². The molecular weight excluding hydrogens is 777 g/mol. The molecule has 6 amide bonds. The fraction of sp³-hybridized carbons (Fsp3) is 0.535. The van der Waals surface area contributed by atoms with Gasteiger partial charge in [0.25, 0.3) is 0 Å². The van der Waals surface area contributed by atoms with Gasteiger partial charge in [-0.2, -0.15) is 0 Å². The molecule has 0 radical (unpaired) electrons. The first-order valence-corrected chi connectivity index (χ1v) is 20.1. The van der Waals surface area contributed by atoms with Crippen molar-refractivity contribution in [2.75, 3.05) is 20.6 Å². The van der Waals surface area contributed by atoms with Crippen LogP contribution in [0.5, 0.6) is 5.75 Å². The molecule has 0 heterocycles. The van der Waals surface area contributed by atoms with E-state index in [-0.39, 0.29) is 31.1 Å². The van der Waals surface area contributed by atoms with E-state index >= 15 is 0 Å². The Labute approximate surface area is 351 Å². The van der Waals surface area contributed by atoms with E-state index < -0.39 is 102 Å². The summed E-state index contributed by atoms with van der Waals surface area (Å²) in [7, 11) is 2.98. The molecule has 2 aromatic rings. The van der Waals surface area contributed by atoms with Crippen LogP contribution in [0.4, 0.5) is 0 Å². The van der Waals surface area contributed by atoms with E-state index in [0.717, 1.165) is 5.56 Å². The Morgan fingerprint density at radius 3 is 1.72 bits per heavy atom. The SMILES string of the molecule is CCC(C)[C@H](NC(=O)[C@H](C(C)C)N(C)C(=O)Cc1ccc(O)cc1)C(=O)NC(CC(=O)N(C)CCc1ccccc1)C(=O)N[C@@H](CC(=O)O)C(=O)N[C@@H](CC(C)C)C(=O)O. The average molecular weight is 839 g/mol. The topological polar surface area (TPSA) is 252 Å². The van der Waals surface area contributed by atoms with Crippen LogP contribution in [-0.2, 0) is 51.2 Å². The van der Waals surface area contributed by atoms with Crippen LogP contribution in [0.15, 0.2) is 54.6 Å². The van der Waals surface area contributed by atoms with Gasteiger partial charge in [0.05, 0.1) is 19.3 Å². The van der Waals surface area contributed by atoms with Crippen LogP contribution in [0.2, 0.25) is 0 Å². The van der Waals surface area contributed by atoms with Gasteiger partial charge >= 0.3 is 11.9 Å². The summed E-state index contributed by atoms with van der Waals surface area (Å²) in [6.45, 7) is 10.6. The monoisotopic (exact) mass is 838 g/mol. The number of carboxylic acids is 2. The number of benzene rings is 2. The van der Waals surface area contributed by atoms with Crippen LogP contribution >= 0.6 is 0 Å². The highest BCUT2D eigenvalue weighted by molar-refractivity contribution is 5.98. The molecule has 60 heavy (non-hydrogen) atoms. The zero-order valence-corrected chi connectivity index (χ0v) is 35.8. The fourth-order valence-electron chi connectivity index (χ4n) is 6.42. The van der Waals surface area contributed by atoms with Crippen LogP contribution < -0.4 is 21.3 Å². The third-order valence-corrected chi connectivity index (χ3v) is 10.1. The average Bonchev–Trinajstić information content (AvgIpc) is 3.18. The van der Waals surface area contributed by atoms with Gasteiger partial charge < -0.3 is 46.4 Å². The fourth-order valence-corrected chi connectivity index (χ4v) is 6.42. The van der Waals surface area contributed by atoms with Crippen molar-refractivity contribution in [2.24, 2.45) is 17.8 Å². The molecule has 6 atom stereocenters. The molecule has 0 aromatic heterocycles. The normalized spacial score (nSPS) is 14.1. The maximum absolute atomic E-state index is 14.2. The molecule has 2 rings (SSSR count). The maximum atomic E-state index is 14.2. The van der Waals surface area contributed by atoms with E-state index in [0.29, 0.717) is 18.4 Å². The number of carboxylic acid groups (broad SMARTS) is 2. The van der Waals surface area contributed by atoms with Crippen molar-refractivity contribution in [1.29, 1.82) is 0 Å². The maximum Gasteiger partial charge on any atom is 0.326 e. The smallest absolute Gasteiger partial charge is 0.326 e. The molecule has 7 N–H and O–H groups in total. The van der Waals surface area contributed by atoms with Crippen molar-refractivity contribution >= 4 is 47.4 Å². The number of hydrogen-bond acceptors (Lipinski definition) is 9. The number of likely N-dealkylation sites (N-methyl/N-ethyl adjacent to an activating group) is 2. The number of aromatic hydroxyl groups is 1. The first kappa shape index (κ1) is 50.1. The molecule has 0 aliphatic carbocycles. The van der Waals surface area contributed by atoms with E-state index in [4.69, 9.17) is 0 Å². The largest absolute Gasteiger partial charge is 0.508 e. The molecule has 2 aromatic carbocycles. The molecule has 330 valence electrons. The van der Waals surface area contributed by atoms with Gasteiger partial charge in [0, 0.05) is 20.6 Å². The van der Waals surface area contributed by atoms with Crippen molar-refractivity contribution in [1.82, 2.24) is 31.1 Å². The van der Waals surface area contributed by atoms with Gasteiger partial charge in [0.2, 0.25) is 35.4 Å². The first-order valence-electron chi connectivity index (χ1n) is 20.1. The minimum Gasteiger partial charge on any atom is -0.508 e. The van der Waals surface area contributed by atoms with Crippen molar-refractivity contribution < 1.29 is 53.7 Å². The van der Waals surface area contributed by atoms with Gasteiger partial charge in [0.15, 0.2) is 0 Å². The zero-order chi connectivity index (χ0) is 45.3. The number of hydrogen-bond donors (Lipinski definition) is 7. The molecule has 0 bridgehead atoms. The Hall–Kier alpha value is -6.00. The summed E-state index contributed by atoms with van der Waals surface area (Å²) >= 11 is 0. The molecule has 0 spiro atoms. The number of rotatable bonds is 24. The minimum atomic E-state index is -1.79. The number of nitrogens with one attached hydrogen (secondary N) is 4. The van der Waals surface area contributed by atoms with E-state index in [9.17, 15) is 53.7 Å². The van der Waals surface area contributed by atoms with Gasteiger partial charge in [-0.3, -0.25) is 33.6 Å². The third-order valence-electron chi connectivity index (χ3n) is 10.1. The number of aliphatic carboxylic acids is 2. The van der Waals surface area contributed by atoms with Gasteiger partial charge in [0.1, 0.15) is 36.0 Å². The summed E-state index contributed by atoms with van der Waals surface area (Å²) in [5.41, 5.74) is 1.55. The molecule has 2 unspecified atom stereocenters. The second kappa shape index (κ2) is 24.2. The summed E-state index contributed by atoms with van der Waals surface area (Å²) in [5, 5.41) is 38.8. The van der Waals surface area contributed by atoms with Gasteiger partial charge in [-0.15, -0.1) is 0 Å². The Bertz CT molecular complexity index is 1790. The Kier molecular flexibility index (Phi) is 20.2. The van der Waals surface area contributed by atoms with E-state index in [1.165, 1.54) is 36.0 Å². The lowest BCUT2D eigenvalue weighted by Crippen LogP contribution is -2.61. The lowest BCUT2D eigenvalue weighted by molar-refractivity contribution is -0.144. The van der Waals surface area contributed by atoms with E-state index in [1.54, 1.807) is 53.7 Å². The number of nitrogens with zero attached hydrogens (tertiary/aromatic N) is 2. The second-order valence-electron chi connectivity index (χ2n) is 15.9. The zero-order valence-electron chi connectivity index (χ0n) is 35.8. The van der Waals surface area contributed by atoms with Crippen LogP contribution in [0.25, 0.3) is 0 Å². The molecule has 0 aliphatic heterocycles. The molecule has 17 heteroatoms. The summed E-state index contributed by atoms with van der Waals surface area (Å²) in [4.78, 5) is 109. The highest BCUT2D eigenvalue weighted by Crippen LogP contribution is 2.17. The number of carbonyl (C=O) groups excluding carboxylic acids is 6. The number of phenols is 1. The summed E-state index contributed by atoms with van der Waals surface area (Å²) in [6, 6.07) is 8.20. The predicted molar refractivity (Wildman–Crippen MR) is 222 cm³/mol. The quantitative estimate of drug-likeness (QED) is 0.0807. The van der Waals surface area contributed by atoms with Crippen molar-refractivity contribution in [3.8, 4) is 5.75 Å². The number of phenolic OH excluding ortho intramolecular Hbond substituents is 1. The summed E-state index contributed by atoms with van der Waals surface area (Å²) < 4.78 is 0. The highest BCUT2D eigenvalue weighted by Gasteiger charge is 2.37. The Balaban J connectivity index is 2.43. The Morgan fingerprint density at radius 2 is 1.20 bits per heavy atom. The van der Waals surface area contributed by atoms with Crippen molar-refractivity contribution in [2.45, 2.75) is 110 Å². The van der Waals surface area contributed by atoms with Crippen molar-refractivity contribution in [3.05, 3.63) is 65.7 Å². The van der Waals surface area contributed by atoms with Gasteiger partial charge in [-0.05, 0) is 53.9 Å². The first-order chi connectivity index (χ1) is 28.1. The van der Waals surface area contributed by atoms with Crippen molar-refractivity contribution in [3.63, 3.8) is 0 Å². The van der Waals surface area contributed by atoms with Crippen LogP contribution in [-0.4, -0.2) is 123 Å². The molecular formula is C43H62N6O11. The van der Waals surface area contributed by atoms with Crippen LogP contribution in [0.3, 0.4) is 0 Å². The van der Waals surface area contributed by atoms with Gasteiger partial charge in [-0.1, -0.05) is 90.4 Å². The summed E-state index contributed by atoms with van der Waals surface area (Å²) in [5.74, 6) is -8.62. The number of carbonyl (C=O) groups is 8. The van der Waals surface area contributed by atoms with Crippen LogP contribution in [0.1, 0.15) is 78.4 Å². The van der Waals surface area contributed by atoms with Gasteiger partial charge in [-0.25, -0.2) is 4.79 Å².